The molecular formula is C17H15ClFNO2. The maximum absolute atomic E-state index is 13.5. The van der Waals surface area contributed by atoms with Crippen molar-refractivity contribution in [1.82, 2.24) is 4.90 Å². The Labute approximate surface area is 132 Å². The van der Waals surface area contributed by atoms with Gasteiger partial charge in [0.25, 0.3) is 0 Å². The number of rotatable bonds is 4. The lowest BCUT2D eigenvalue weighted by molar-refractivity contribution is -0.147. The highest BCUT2D eigenvalue weighted by Crippen LogP contribution is 2.25. The fraction of sp³-hybridized carbons (Fsp3) is 0.235. The number of likely N-dealkylation sites (tertiary alicyclic amines) is 1. The van der Waals surface area contributed by atoms with Gasteiger partial charge in [-0.1, -0.05) is 41.9 Å². The molecule has 1 fully saturated rings. The van der Waals surface area contributed by atoms with Crippen LogP contribution >= 0.6 is 11.6 Å². The summed E-state index contributed by atoms with van der Waals surface area (Å²) in [6.07, 6.45) is 0. The molecule has 114 valence electrons. The van der Waals surface area contributed by atoms with Crippen molar-refractivity contribution in [1.29, 1.82) is 0 Å². The van der Waals surface area contributed by atoms with Crippen molar-refractivity contribution in [3.05, 3.63) is 58.9 Å². The van der Waals surface area contributed by atoms with Crippen molar-refractivity contribution in [2.24, 2.45) is 5.92 Å². The van der Waals surface area contributed by atoms with E-state index < -0.39 is 11.8 Å². The number of hydrogen-bond donors (Lipinski definition) is 1. The molecule has 3 rings (SSSR count). The number of carbonyl (C=O) groups is 1. The third-order valence-corrected chi connectivity index (χ3v) is 4.23. The Kier molecular flexibility index (Phi) is 4.14. The third kappa shape index (κ3) is 3.13. The molecule has 0 aliphatic carbocycles. The Balaban J connectivity index is 1.65. The molecule has 0 bridgehead atoms. The van der Waals surface area contributed by atoms with Crippen molar-refractivity contribution in [2.45, 2.75) is 6.54 Å². The van der Waals surface area contributed by atoms with Crippen LogP contribution in [0.15, 0.2) is 42.5 Å². The number of carboxylic acid groups (broad SMARTS) is 1. The lowest BCUT2D eigenvalue weighted by Crippen LogP contribution is -2.49. The predicted molar refractivity (Wildman–Crippen MR) is 83.2 cm³/mol. The summed E-state index contributed by atoms with van der Waals surface area (Å²) in [6, 6.07) is 12.6. The molecule has 0 radical (unpaired) electrons. The molecular weight excluding hydrogens is 305 g/mol. The maximum atomic E-state index is 13.5. The second kappa shape index (κ2) is 6.07. The summed E-state index contributed by atoms with van der Waals surface area (Å²) in [5, 5.41) is 8.97. The molecule has 2 aromatic carbocycles. The van der Waals surface area contributed by atoms with Gasteiger partial charge in [-0.25, -0.2) is 4.39 Å². The SMILES string of the molecule is O=C(O)C1CN(Cc2ccc(-c3ccc(Cl)c(F)c3)cc2)C1. The van der Waals surface area contributed by atoms with Gasteiger partial charge in [0.15, 0.2) is 0 Å². The highest BCUT2D eigenvalue weighted by Gasteiger charge is 2.31. The minimum Gasteiger partial charge on any atom is -0.481 e. The van der Waals surface area contributed by atoms with Crippen LogP contribution in [-0.4, -0.2) is 29.1 Å². The van der Waals surface area contributed by atoms with Crippen molar-refractivity contribution in [3.8, 4) is 11.1 Å². The number of nitrogens with zero attached hydrogens (tertiary/aromatic N) is 1. The molecule has 0 unspecified atom stereocenters. The minimum absolute atomic E-state index is 0.117. The summed E-state index contributed by atoms with van der Waals surface area (Å²) in [6.45, 7) is 1.93. The van der Waals surface area contributed by atoms with Crippen molar-refractivity contribution < 1.29 is 14.3 Å². The Morgan fingerprint density at radius 2 is 1.82 bits per heavy atom. The van der Waals surface area contributed by atoms with E-state index in [0.29, 0.717) is 13.1 Å². The number of carboxylic acids is 1. The van der Waals surface area contributed by atoms with Gasteiger partial charge in [0, 0.05) is 19.6 Å². The average Bonchev–Trinajstić information content (AvgIpc) is 2.45. The van der Waals surface area contributed by atoms with Crippen molar-refractivity contribution >= 4 is 17.6 Å². The number of benzene rings is 2. The fourth-order valence-corrected chi connectivity index (χ4v) is 2.71. The van der Waals surface area contributed by atoms with Crippen LogP contribution < -0.4 is 0 Å². The lowest BCUT2D eigenvalue weighted by Gasteiger charge is -2.36. The van der Waals surface area contributed by atoms with E-state index >= 15 is 0 Å². The zero-order chi connectivity index (χ0) is 15.7. The monoisotopic (exact) mass is 319 g/mol. The highest BCUT2D eigenvalue weighted by molar-refractivity contribution is 6.30. The summed E-state index contributed by atoms with van der Waals surface area (Å²) >= 11 is 5.68. The first-order valence-corrected chi connectivity index (χ1v) is 7.40. The molecule has 5 heteroatoms. The predicted octanol–water partition coefficient (Wildman–Crippen LogP) is 3.66. The van der Waals surface area contributed by atoms with E-state index in [1.807, 2.05) is 24.3 Å². The quantitative estimate of drug-likeness (QED) is 0.935. The molecule has 0 aromatic heterocycles. The van der Waals surface area contributed by atoms with Crippen LogP contribution in [0.3, 0.4) is 0 Å². The Bertz CT molecular complexity index is 696. The summed E-state index contributed by atoms with van der Waals surface area (Å²) < 4.78 is 13.5. The van der Waals surface area contributed by atoms with E-state index in [1.54, 1.807) is 12.1 Å². The van der Waals surface area contributed by atoms with E-state index in [9.17, 15) is 9.18 Å². The smallest absolute Gasteiger partial charge is 0.309 e. The zero-order valence-electron chi connectivity index (χ0n) is 11.8. The minimum atomic E-state index is -0.726. The highest BCUT2D eigenvalue weighted by atomic mass is 35.5. The zero-order valence-corrected chi connectivity index (χ0v) is 12.6. The summed E-state index contributed by atoms with van der Waals surface area (Å²) in [4.78, 5) is 12.9. The Morgan fingerprint density at radius 3 is 2.41 bits per heavy atom. The average molecular weight is 320 g/mol. The molecule has 1 saturated heterocycles. The Morgan fingerprint density at radius 1 is 1.18 bits per heavy atom. The first-order valence-electron chi connectivity index (χ1n) is 7.02. The molecule has 0 atom stereocenters. The summed E-state index contributed by atoms with van der Waals surface area (Å²) in [7, 11) is 0. The third-order valence-electron chi connectivity index (χ3n) is 3.92. The normalized spacial score (nSPS) is 15.5. The topological polar surface area (TPSA) is 40.5 Å². The molecule has 1 heterocycles. The maximum Gasteiger partial charge on any atom is 0.309 e. The largest absolute Gasteiger partial charge is 0.481 e. The van der Waals surface area contributed by atoms with Gasteiger partial charge >= 0.3 is 5.97 Å². The Hall–Kier alpha value is -1.91. The molecule has 1 N–H and O–H groups in total. The summed E-state index contributed by atoms with van der Waals surface area (Å²) in [5.74, 6) is -1.39. The molecule has 0 saturated carbocycles. The van der Waals surface area contributed by atoms with Crippen LogP contribution in [0.25, 0.3) is 11.1 Å². The first-order chi connectivity index (χ1) is 10.5. The van der Waals surface area contributed by atoms with E-state index in [4.69, 9.17) is 16.7 Å². The number of hydrogen-bond acceptors (Lipinski definition) is 2. The van der Waals surface area contributed by atoms with Crippen molar-refractivity contribution in [3.63, 3.8) is 0 Å². The second-order valence-corrected chi connectivity index (χ2v) is 5.96. The standard InChI is InChI=1S/C17H15ClFNO2/c18-15-6-5-13(7-16(15)19)12-3-1-11(2-4-12)8-20-9-14(10-20)17(21)22/h1-7,14H,8-10H2,(H,21,22). The summed E-state index contributed by atoms with van der Waals surface area (Å²) in [5.41, 5.74) is 2.82. The lowest BCUT2D eigenvalue weighted by atomic mass is 9.99. The molecule has 1 aliphatic heterocycles. The molecule has 0 amide bonds. The molecule has 3 nitrogen and oxygen atoms in total. The fourth-order valence-electron chi connectivity index (χ4n) is 2.59. The van der Waals surface area contributed by atoms with Gasteiger partial charge in [-0.15, -0.1) is 0 Å². The van der Waals surface area contributed by atoms with Crippen LogP contribution in [0.2, 0.25) is 5.02 Å². The van der Waals surface area contributed by atoms with Gasteiger partial charge in [0.2, 0.25) is 0 Å². The van der Waals surface area contributed by atoms with E-state index in [1.165, 1.54) is 6.07 Å². The van der Waals surface area contributed by atoms with Crippen LogP contribution in [0, 0.1) is 11.7 Å². The van der Waals surface area contributed by atoms with Gasteiger partial charge in [-0.2, -0.15) is 0 Å². The van der Waals surface area contributed by atoms with Crippen LogP contribution in [0.5, 0.6) is 0 Å². The molecule has 22 heavy (non-hydrogen) atoms. The first kappa shape index (κ1) is 15.0. The number of halogens is 2. The number of aliphatic carboxylic acids is 1. The van der Waals surface area contributed by atoms with Crippen LogP contribution in [0.4, 0.5) is 4.39 Å². The van der Waals surface area contributed by atoms with Gasteiger partial charge in [-0.05, 0) is 28.8 Å². The van der Waals surface area contributed by atoms with Gasteiger partial charge in [0.1, 0.15) is 5.82 Å². The van der Waals surface area contributed by atoms with Gasteiger partial charge in [0.05, 0.1) is 10.9 Å². The van der Waals surface area contributed by atoms with Crippen LogP contribution in [-0.2, 0) is 11.3 Å². The van der Waals surface area contributed by atoms with Crippen LogP contribution in [0.1, 0.15) is 5.56 Å². The van der Waals surface area contributed by atoms with E-state index in [2.05, 4.69) is 4.90 Å². The van der Waals surface area contributed by atoms with E-state index in [0.717, 1.165) is 23.2 Å². The van der Waals surface area contributed by atoms with Gasteiger partial charge < -0.3 is 5.11 Å². The second-order valence-electron chi connectivity index (χ2n) is 5.56. The molecule has 0 spiro atoms. The molecule has 1 aliphatic rings. The molecule has 2 aromatic rings. The van der Waals surface area contributed by atoms with Gasteiger partial charge in [-0.3, -0.25) is 9.69 Å². The van der Waals surface area contributed by atoms with E-state index in [-0.39, 0.29) is 10.9 Å². The van der Waals surface area contributed by atoms with Crippen molar-refractivity contribution in [2.75, 3.05) is 13.1 Å².